The third kappa shape index (κ3) is 2.76. The molecule has 0 saturated carbocycles. The minimum absolute atomic E-state index is 0.0186. The Morgan fingerprint density at radius 1 is 0.824 bits per heavy atom. The van der Waals surface area contributed by atoms with Gasteiger partial charge in [0.15, 0.2) is 5.78 Å². The molecule has 6 rings (SSSR count). The van der Waals surface area contributed by atoms with Crippen molar-refractivity contribution >= 4 is 40.1 Å². The van der Waals surface area contributed by atoms with E-state index < -0.39 is 23.3 Å². The van der Waals surface area contributed by atoms with Crippen molar-refractivity contribution in [2.24, 2.45) is 17.3 Å². The van der Waals surface area contributed by atoms with E-state index in [9.17, 15) is 14.4 Å². The van der Waals surface area contributed by atoms with Crippen molar-refractivity contribution in [2.45, 2.75) is 32.9 Å². The van der Waals surface area contributed by atoms with Crippen LogP contribution >= 0.6 is 0 Å². The lowest BCUT2D eigenvalue weighted by atomic mass is 9.79. The maximum atomic E-state index is 14.1. The molecule has 2 saturated heterocycles. The predicted molar refractivity (Wildman–Crippen MR) is 132 cm³/mol. The molecule has 0 unspecified atom stereocenters. The highest BCUT2D eigenvalue weighted by Crippen LogP contribution is 2.54. The molecular weight excluding hydrogens is 424 g/mol. The van der Waals surface area contributed by atoms with E-state index in [1.807, 2.05) is 105 Å². The van der Waals surface area contributed by atoms with Crippen molar-refractivity contribution in [2.75, 3.05) is 4.90 Å². The lowest BCUT2D eigenvalue weighted by Crippen LogP contribution is -2.47. The highest BCUT2D eigenvalue weighted by Gasteiger charge is 2.65. The van der Waals surface area contributed by atoms with Gasteiger partial charge in [-0.3, -0.25) is 14.4 Å². The summed E-state index contributed by atoms with van der Waals surface area (Å²) in [6, 6.07) is 20.3. The van der Waals surface area contributed by atoms with Gasteiger partial charge in [-0.1, -0.05) is 81.4 Å². The number of rotatable bonds is 2. The molecule has 3 aliphatic rings. The van der Waals surface area contributed by atoms with Crippen LogP contribution in [0.3, 0.4) is 0 Å². The first kappa shape index (κ1) is 20.8. The zero-order chi connectivity index (χ0) is 23.8. The summed E-state index contributed by atoms with van der Waals surface area (Å²) in [5.74, 6) is -1.87. The molecule has 0 N–H and O–H groups in total. The number of amides is 2. The zero-order valence-electron chi connectivity index (χ0n) is 19.4. The summed E-state index contributed by atoms with van der Waals surface area (Å²) in [6.45, 7) is 5.63. The van der Waals surface area contributed by atoms with Gasteiger partial charge in [-0.2, -0.15) is 0 Å². The number of Topliss-reactive ketones (excluding diaryl/α,β-unsaturated/α-hetero) is 1. The number of nitrogens with zero attached hydrogens (tertiary/aromatic N) is 2. The average molecular weight is 451 g/mol. The molecule has 0 bridgehead atoms. The van der Waals surface area contributed by atoms with E-state index in [1.54, 1.807) is 0 Å². The van der Waals surface area contributed by atoms with Gasteiger partial charge < -0.3 is 4.90 Å². The summed E-state index contributed by atoms with van der Waals surface area (Å²) in [5, 5.41) is 1.82. The van der Waals surface area contributed by atoms with Crippen LogP contribution in [0.5, 0.6) is 0 Å². The molecule has 5 heteroatoms. The van der Waals surface area contributed by atoms with Gasteiger partial charge in [0.1, 0.15) is 6.04 Å². The highest BCUT2D eigenvalue weighted by atomic mass is 16.2. The number of carbonyl (C=O) groups excluding carboxylic acids is 3. The fraction of sp³-hybridized carbons (Fsp3) is 0.276. The molecule has 0 spiro atoms. The fourth-order valence-electron chi connectivity index (χ4n) is 5.94. The van der Waals surface area contributed by atoms with Crippen LogP contribution in [0.15, 0.2) is 72.9 Å². The van der Waals surface area contributed by atoms with E-state index in [-0.39, 0.29) is 23.6 Å². The Bertz CT molecular complexity index is 1390. The van der Waals surface area contributed by atoms with Crippen molar-refractivity contribution in [1.29, 1.82) is 0 Å². The van der Waals surface area contributed by atoms with Crippen molar-refractivity contribution in [3.63, 3.8) is 0 Å². The van der Waals surface area contributed by atoms with E-state index in [0.717, 1.165) is 21.9 Å². The van der Waals surface area contributed by atoms with Gasteiger partial charge in [0, 0.05) is 17.0 Å². The number of hydrogen-bond acceptors (Lipinski definition) is 4. The lowest BCUT2D eigenvalue weighted by molar-refractivity contribution is -0.135. The van der Waals surface area contributed by atoms with Gasteiger partial charge >= 0.3 is 0 Å². The normalized spacial score (nSPS) is 25.5. The molecule has 2 fully saturated rings. The molecule has 170 valence electrons. The molecule has 5 nitrogen and oxygen atoms in total. The Labute approximate surface area is 198 Å². The van der Waals surface area contributed by atoms with Crippen molar-refractivity contribution in [1.82, 2.24) is 4.90 Å². The second-order valence-electron chi connectivity index (χ2n) is 10.5. The summed E-state index contributed by atoms with van der Waals surface area (Å²) < 4.78 is 0. The van der Waals surface area contributed by atoms with Crippen LogP contribution in [0.1, 0.15) is 37.9 Å². The summed E-state index contributed by atoms with van der Waals surface area (Å²) in [6.07, 6.45) is 3.88. The topological polar surface area (TPSA) is 57.7 Å². The van der Waals surface area contributed by atoms with Gasteiger partial charge in [-0.05, 0) is 28.7 Å². The second kappa shape index (κ2) is 7.13. The zero-order valence-corrected chi connectivity index (χ0v) is 19.4. The largest absolute Gasteiger partial charge is 0.359 e. The first-order valence-corrected chi connectivity index (χ1v) is 11.7. The second-order valence-corrected chi connectivity index (χ2v) is 10.5. The van der Waals surface area contributed by atoms with Crippen LogP contribution in [0, 0.1) is 17.3 Å². The number of carbonyl (C=O) groups is 3. The van der Waals surface area contributed by atoms with Crippen LogP contribution in [0.25, 0.3) is 16.8 Å². The standard InChI is InChI=1S/C29H26N2O3/c1-29(2,3)26(32)25-23-22(24-20-13-7-5-10-18(20)15-16-30(24)25)27(33)31(28(23)34)21-14-8-11-17-9-4-6-12-19(17)21/h4-16,22-25H,1-3H3/t22-,23+,24+,25+/m0/s1. The van der Waals surface area contributed by atoms with E-state index in [1.165, 1.54) is 4.90 Å². The monoisotopic (exact) mass is 450 g/mol. The molecule has 3 aromatic rings. The van der Waals surface area contributed by atoms with Crippen molar-refractivity contribution < 1.29 is 14.4 Å². The summed E-state index contributed by atoms with van der Waals surface area (Å²) in [4.78, 5) is 45.2. The van der Waals surface area contributed by atoms with Crippen molar-refractivity contribution in [3.8, 4) is 0 Å². The molecule has 0 aromatic heterocycles. The first-order chi connectivity index (χ1) is 16.3. The first-order valence-electron chi connectivity index (χ1n) is 11.7. The summed E-state index contributed by atoms with van der Waals surface area (Å²) in [7, 11) is 0. The van der Waals surface area contributed by atoms with Crippen LogP contribution < -0.4 is 4.90 Å². The maximum Gasteiger partial charge on any atom is 0.240 e. The number of imide groups is 1. The maximum absolute atomic E-state index is 14.1. The van der Waals surface area contributed by atoms with Gasteiger partial charge in [-0.15, -0.1) is 0 Å². The fourth-order valence-corrected chi connectivity index (χ4v) is 5.94. The Kier molecular flexibility index (Phi) is 4.37. The molecule has 3 heterocycles. The number of hydrogen-bond donors (Lipinski definition) is 0. The molecular formula is C29H26N2O3. The molecule has 3 aliphatic heterocycles. The smallest absolute Gasteiger partial charge is 0.240 e. The molecule has 0 radical (unpaired) electrons. The lowest BCUT2D eigenvalue weighted by Gasteiger charge is -2.37. The summed E-state index contributed by atoms with van der Waals surface area (Å²) >= 11 is 0. The van der Waals surface area contributed by atoms with E-state index in [0.29, 0.717) is 5.69 Å². The van der Waals surface area contributed by atoms with Crippen LogP contribution in [0.4, 0.5) is 5.69 Å². The molecule has 2 amide bonds. The highest BCUT2D eigenvalue weighted by molar-refractivity contribution is 6.26. The van der Waals surface area contributed by atoms with Gasteiger partial charge in [0.25, 0.3) is 0 Å². The van der Waals surface area contributed by atoms with Gasteiger partial charge in [-0.25, -0.2) is 4.90 Å². The summed E-state index contributed by atoms with van der Waals surface area (Å²) in [5.41, 5.74) is 1.96. The minimum atomic E-state index is -0.723. The third-order valence-electron chi connectivity index (χ3n) is 7.48. The molecule has 34 heavy (non-hydrogen) atoms. The van der Waals surface area contributed by atoms with E-state index >= 15 is 0 Å². The van der Waals surface area contributed by atoms with Crippen LogP contribution in [-0.4, -0.2) is 28.5 Å². The Balaban J connectivity index is 1.54. The molecule has 3 aromatic carbocycles. The van der Waals surface area contributed by atoms with Crippen LogP contribution in [0.2, 0.25) is 0 Å². The van der Waals surface area contributed by atoms with Gasteiger partial charge in [0.05, 0.1) is 23.6 Å². The Hall–Kier alpha value is -3.73. The Morgan fingerprint density at radius 2 is 1.50 bits per heavy atom. The number of anilines is 1. The SMILES string of the molecule is CC(C)(C)C(=O)[C@H]1[C@@H]2C(=O)N(c3cccc4ccccc34)C(=O)[C@@H]2[C@H]2c3ccccc3C=CN21. The number of fused-ring (bicyclic) bond motifs is 6. The Morgan fingerprint density at radius 3 is 2.29 bits per heavy atom. The number of benzene rings is 3. The van der Waals surface area contributed by atoms with E-state index in [4.69, 9.17) is 0 Å². The third-order valence-corrected chi connectivity index (χ3v) is 7.48. The quantitative estimate of drug-likeness (QED) is 0.517. The predicted octanol–water partition coefficient (Wildman–Crippen LogP) is 4.97. The van der Waals surface area contributed by atoms with Gasteiger partial charge in [0.2, 0.25) is 11.8 Å². The molecule has 0 aliphatic carbocycles. The van der Waals surface area contributed by atoms with Crippen molar-refractivity contribution in [3.05, 3.63) is 84.1 Å². The van der Waals surface area contributed by atoms with Crippen LogP contribution in [-0.2, 0) is 14.4 Å². The number of ketones is 1. The van der Waals surface area contributed by atoms with E-state index in [2.05, 4.69) is 0 Å². The average Bonchev–Trinajstić information content (AvgIpc) is 3.30. The minimum Gasteiger partial charge on any atom is -0.359 e. The molecule has 4 atom stereocenters.